The van der Waals surface area contributed by atoms with E-state index in [2.05, 4.69) is 12.2 Å². The maximum atomic E-state index is 8.49. The van der Waals surface area contributed by atoms with Crippen LogP contribution in [-0.4, -0.2) is 30.8 Å². The van der Waals surface area contributed by atoms with Crippen molar-refractivity contribution in [3.05, 3.63) is 0 Å². The Morgan fingerprint density at radius 2 is 2.18 bits per heavy atom. The molecule has 4 N–H and O–H groups in total. The molecular weight excluding hydrogens is 140 g/mol. The number of rotatable bonds is 7. The summed E-state index contributed by atoms with van der Waals surface area (Å²) in [6.45, 7) is 4.16. The molecule has 3 heteroatoms. The van der Waals surface area contributed by atoms with Crippen LogP contribution in [0.1, 0.15) is 26.2 Å². The highest BCUT2D eigenvalue weighted by atomic mass is 16.2. The fraction of sp³-hybridized carbons (Fsp3) is 1.00. The molecule has 68 valence electrons. The lowest BCUT2D eigenvalue weighted by molar-refractivity contribution is 0.282. The van der Waals surface area contributed by atoms with E-state index in [0.717, 1.165) is 32.4 Å². The molecule has 1 unspecified atom stereocenters. The van der Waals surface area contributed by atoms with Crippen LogP contribution in [0.4, 0.5) is 0 Å². The van der Waals surface area contributed by atoms with E-state index in [-0.39, 0.29) is 0 Å². The maximum Gasteiger partial charge on any atom is 0.0431 e. The number of hydrogen-bond acceptors (Lipinski definition) is 3. The van der Waals surface area contributed by atoms with Crippen LogP contribution in [0.15, 0.2) is 0 Å². The van der Waals surface area contributed by atoms with Crippen molar-refractivity contribution in [2.24, 2.45) is 5.73 Å². The van der Waals surface area contributed by atoms with Gasteiger partial charge >= 0.3 is 0 Å². The highest BCUT2D eigenvalue weighted by Crippen LogP contribution is 1.89. The lowest BCUT2D eigenvalue weighted by atomic mass is 10.2. The SMILES string of the molecule is CC(CCN)NCCCCO. The van der Waals surface area contributed by atoms with Gasteiger partial charge in [0.15, 0.2) is 0 Å². The van der Waals surface area contributed by atoms with E-state index in [1.807, 2.05) is 0 Å². The Labute approximate surface area is 69.0 Å². The van der Waals surface area contributed by atoms with Gasteiger partial charge in [0.1, 0.15) is 0 Å². The third-order valence-corrected chi connectivity index (χ3v) is 1.68. The molecule has 0 heterocycles. The number of aliphatic hydroxyl groups excluding tert-OH is 1. The minimum atomic E-state index is 0.299. The Kier molecular flexibility index (Phi) is 7.89. The van der Waals surface area contributed by atoms with E-state index in [1.165, 1.54) is 0 Å². The predicted octanol–water partition coefficient (Wildman–Crippen LogP) is 0.0858. The topological polar surface area (TPSA) is 58.3 Å². The summed E-state index contributed by atoms with van der Waals surface area (Å²) in [4.78, 5) is 0. The minimum Gasteiger partial charge on any atom is -0.396 e. The third-order valence-electron chi connectivity index (χ3n) is 1.68. The second-order valence-electron chi connectivity index (χ2n) is 2.86. The maximum absolute atomic E-state index is 8.49. The lowest BCUT2D eigenvalue weighted by Gasteiger charge is -2.11. The van der Waals surface area contributed by atoms with Gasteiger partial charge in [-0.3, -0.25) is 0 Å². The molecule has 0 fully saturated rings. The van der Waals surface area contributed by atoms with Gasteiger partial charge in [0, 0.05) is 12.6 Å². The quantitative estimate of drug-likeness (QED) is 0.462. The second-order valence-corrected chi connectivity index (χ2v) is 2.86. The Balaban J connectivity index is 2.97. The highest BCUT2D eigenvalue weighted by molar-refractivity contribution is 4.60. The van der Waals surface area contributed by atoms with Gasteiger partial charge in [-0.05, 0) is 39.3 Å². The summed E-state index contributed by atoms with van der Waals surface area (Å²) in [5, 5.41) is 11.8. The molecule has 0 aromatic rings. The summed E-state index contributed by atoms with van der Waals surface area (Å²) in [6, 6.07) is 0.513. The van der Waals surface area contributed by atoms with Crippen molar-refractivity contribution in [2.75, 3.05) is 19.7 Å². The standard InChI is InChI=1S/C8H20N2O/c1-8(4-5-9)10-6-2-3-7-11/h8,10-11H,2-7,9H2,1H3. The third kappa shape index (κ3) is 7.78. The smallest absolute Gasteiger partial charge is 0.0431 e. The Hall–Kier alpha value is -0.120. The zero-order chi connectivity index (χ0) is 8.53. The molecule has 0 aliphatic heterocycles. The van der Waals surface area contributed by atoms with Crippen LogP contribution in [-0.2, 0) is 0 Å². The molecule has 11 heavy (non-hydrogen) atoms. The number of aliphatic hydroxyl groups is 1. The first-order valence-corrected chi connectivity index (χ1v) is 4.35. The molecule has 0 bridgehead atoms. The fourth-order valence-electron chi connectivity index (χ4n) is 0.937. The number of unbranched alkanes of at least 4 members (excludes halogenated alkanes) is 1. The van der Waals surface area contributed by atoms with Gasteiger partial charge in [0.2, 0.25) is 0 Å². The van der Waals surface area contributed by atoms with E-state index >= 15 is 0 Å². The zero-order valence-electron chi connectivity index (χ0n) is 7.34. The largest absolute Gasteiger partial charge is 0.396 e. The van der Waals surface area contributed by atoms with Crippen LogP contribution in [0, 0.1) is 0 Å². The number of hydrogen-bond donors (Lipinski definition) is 3. The molecule has 0 aliphatic carbocycles. The van der Waals surface area contributed by atoms with Crippen molar-refractivity contribution in [1.82, 2.24) is 5.32 Å². The van der Waals surface area contributed by atoms with Crippen LogP contribution < -0.4 is 11.1 Å². The molecule has 0 rings (SSSR count). The predicted molar refractivity (Wildman–Crippen MR) is 47.5 cm³/mol. The average Bonchev–Trinajstić information content (AvgIpc) is 1.99. The molecule has 0 radical (unpaired) electrons. The Morgan fingerprint density at radius 3 is 2.73 bits per heavy atom. The van der Waals surface area contributed by atoms with E-state index in [9.17, 15) is 0 Å². The van der Waals surface area contributed by atoms with Crippen molar-refractivity contribution in [3.63, 3.8) is 0 Å². The number of nitrogens with one attached hydrogen (secondary N) is 1. The zero-order valence-corrected chi connectivity index (χ0v) is 7.34. The van der Waals surface area contributed by atoms with Gasteiger partial charge in [-0.2, -0.15) is 0 Å². The Bertz CT molecular complexity index is 78.5. The van der Waals surface area contributed by atoms with Gasteiger partial charge < -0.3 is 16.2 Å². The summed E-state index contributed by atoms with van der Waals surface area (Å²) in [5.41, 5.74) is 5.38. The molecule has 0 saturated carbocycles. The van der Waals surface area contributed by atoms with Crippen LogP contribution in [0.3, 0.4) is 0 Å². The van der Waals surface area contributed by atoms with Crippen molar-refractivity contribution in [3.8, 4) is 0 Å². The van der Waals surface area contributed by atoms with Crippen molar-refractivity contribution >= 4 is 0 Å². The molecule has 0 aromatic carbocycles. The molecule has 3 nitrogen and oxygen atoms in total. The van der Waals surface area contributed by atoms with Gasteiger partial charge in [-0.25, -0.2) is 0 Å². The monoisotopic (exact) mass is 160 g/mol. The summed E-state index contributed by atoms with van der Waals surface area (Å²) in [6.07, 6.45) is 2.97. The number of nitrogens with two attached hydrogens (primary N) is 1. The molecule has 1 atom stereocenters. The first-order valence-electron chi connectivity index (χ1n) is 4.35. The molecule has 0 amide bonds. The van der Waals surface area contributed by atoms with Gasteiger partial charge in [-0.15, -0.1) is 0 Å². The van der Waals surface area contributed by atoms with Gasteiger partial charge in [-0.1, -0.05) is 0 Å². The van der Waals surface area contributed by atoms with Crippen molar-refractivity contribution in [2.45, 2.75) is 32.2 Å². The van der Waals surface area contributed by atoms with Crippen molar-refractivity contribution in [1.29, 1.82) is 0 Å². The van der Waals surface area contributed by atoms with Gasteiger partial charge in [0.05, 0.1) is 0 Å². The van der Waals surface area contributed by atoms with E-state index in [4.69, 9.17) is 10.8 Å². The lowest BCUT2D eigenvalue weighted by Crippen LogP contribution is -2.29. The highest BCUT2D eigenvalue weighted by Gasteiger charge is 1.97. The summed E-state index contributed by atoms with van der Waals surface area (Å²) >= 11 is 0. The van der Waals surface area contributed by atoms with E-state index < -0.39 is 0 Å². The normalized spacial score (nSPS) is 13.4. The summed E-state index contributed by atoms with van der Waals surface area (Å²) in [7, 11) is 0. The Morgan fingerprint density at radius 1 is 1.45 bits per heavy atom. The summed E-state index contributed by atoms with van der Waals surface area (Å²) in [5.74, 6) is 0. The second kappa shape index (κ2) is 7.98. The van der Waals surface area contributed by atoms with E-state index in [0.29, 0.717) is 12.6 Å². The van der Waals surface area contributed by atoms with E-state index in [1.54, 1.807) is 0 Å². The first-order chi connectivity index (χ1) is 5.31. The van der Waals surface area contributed by atoms with Crippen LogP contribution in [0.25, 0.3) is 0 Å². The van der Waals surface area contributed by atoms with Crippen LogP contribution >= 0.6 is 0 Å². The minimum absolute atomic E-state index is 0.299. The molecule has 0 saturated heterocycles. The molecule has 0 spiro atoms. The molecule has 0 aliphatic rings. The first kappa shape index (κ1) is 10.9. The average molecular weight is 160 g/mol. The molecular formula is C8H20N2O. The van der Waals surface area contributed by atoms with Crippen LogP contribution in [0.2, 0.25) is 0 Å². The summed E-state index contributed by atoms with van der Waals surface area (Å²) < 4.78 is 0. The van der Waals surface area contributed by atoms with Crippen molar-refractivity contribution < 1.29 is 5.11 Å². The fourth-order valence-corrected chi connectivity index (χ4v) is 0.937. The molecule has 0 aromatic heterocycles. The van der Waals surface area contributed by atoms with Gasteiger partial charge in [0.25, 0.3) is 0 Å². The van der Waals surface area contributed by atoms with Crippen LogP contribution in [0.5, 0.6) is 0 Å².